The number of carbonyl (C=O) groups excluding carboxylic acids is 1. The Kier molecular flexibility index (Phi) is 4.67. The van der Waals surface area contributed by atoms with Crippen molar-refractivity contribution in [3.8, 4) is 11.5 Å². The minimum Gasteiger partial charge on any atom is -0.508 e. The van der Waals surface area contributed by atoms with Crippen LogP contribution in [0.25, 0.3) is 11.0 Å². The van der Waals surface area contributed by atoms with Crippen LogP contribution in [0.5, 0.6) is 11.5 Å². The number of amides is 1. The summed E-state index contributed by atoms with van der Waals surface area (Å²) < 4.78 is 9.90. The minimum atomic E-state index is -0.670. The first kappa shape index (κ1) is 15.8. The van der Waals surface area contributed by atoms with Crippen molar-refractivity contribution in [3.63, 3.8) is 0 Å². The summed E-state index contributed by atoms with van der Waals surface area (Å²) in [6, 6.07) is 2.39. The van der Waals surface area contributed by atoms with E-state index in [1.54, 1.807) is 6.92 Å². The summed E-state index contributed by atoms with van der Waals surface area (Å²) in [4.78, 5) is 23.8. The van der Waals surface area contributed by atoms with Gasteiger partial charge in [-0.3, -0.25) is 4.79 Å². The van der Waals surface area contributed by atoms with Crippen LogP contribution in [0.4, 0.5) is 0 Å². The Morgan fingerprint density at radius 2 is 2.09 bits per heavy atom. The van der Waals surface area contributed by atoms with Gasteiger partial charge in [0.15, 0.2) is 0 Å². The summed E-state index contributed by atoms with van der Waals surface area (Å²) in [6.07, 6.45) is -0.159. The molecule has 0 saturated heterocycles. The molecule has 0 aliphatic heterocycles. The number of aromatic hydroxyl groups is 2. The molecule has 22 heavy (non-hydrogen) atoms. The van der Waals surface area contributed by atoms with Gasteiger partial charge in [-0.25, -0.2) is 4.79 Å². The maximum atomic E-state index is 12.0. The second-order valence-corrected chi connectivity index (χ2v) is 4.85. The first-order valence-corrected chi connectivity index (χ1v) is 6.68. The molecule has 3 N–H and O–H groups in total. The quantitative estimate of drug-likeness (QED) is 0.557. The molecular weight excluding hydrogens is 290 g/mol. The van der Waals surface area contributed by atoms with Crippen molar-refractivity contribution in [2.24, 2.45) is 0 Å². The molecule has 0 radical (unpaired) electrons. The molecule has 7 heteroatoms. The van der Waals surface area contributed by atoms with E-state index in [0.29, 0.717) is 24.1 Å². The first-order valence-electron chi connectivity index (χ1n) is 6.68. The van der Waals surface area contributed by atoms with Crippen LogP contribution in [0.3, 0.4) is 0 Å². The van der Waals surface area contributed by atoms with Gasteiger partial charge < -0.3 is 24.7 Å². The fourth-order valence-corrected chi connectivity index (χ4v) is 2.23. The lowest BCUT2D eigenvalue weighted by molar-refractivity contribution is -0.120. The maximum absolute atomic E-state index is 12.0. The number of carbonyl (C=O) groups is 1. The molecule has 7 nitrogen and oxygen atoms in total. The van der Waals surface area contributed by atoms with Crippen LogP contribution in [0.1, 0.15) is 11.1 Å². The van der Waals surface area contributed by atoms with E-state index in [2.05, 4.69) is 5.32 Å². The van der Waals surface area contributed by atoms with E-state index in [9.17, 15) is 19.8 Å². The number of aryl methyl sites for hydroxylation is 1. The van der Waals surface area contributed by atoms with Crippen molar-refractivity contribution in [2.45, 2.75) is 13.3 Å². The Morgan fingerprint density at radius 3 is 2.77 bits per heavy atom. The minimum absolute atomic E-state index is 0.0727. The fraction of sp³-hybridized carbons (Fsp3) is 0.333. The molecule has 0 fully saturated rings. The highest BCUT2D eigenvalue weighted by molar-refractivity contribution is 5.89. The molecule has 0 saturated carbocycles. The normalized spacial score (nSPS) is 10.8. The van der Waals surface area contributed by atoms with Crippen LogP contribution >= 0.6 is 0 Å². The van der Waals surface area contributed by atoms with Gasteiger partial charge in [-0.1, -0.05) is 0 Å². The highest BCUT2D eigenvalue weighted by Gasteiger charge is 2.17. The molecule has 1 aromatic carbocycles. The molecule has 1 amide bonds. The number of ether oxygens (including phenoxy) is 1. The summed E-state index contributed by atoms with van der Waals surface area (Å²) in [5.74, 6) is -0.764. The van der Waals surface area contributed by atoms with Gasteiger partial charge in [0, 0.05) is 25.8 Å². The first-order chi connectivity index (χ1) is 10.4. The van der Waals surface area contributed by atoms with Gasteiger partial charge in [0.25, 0.3) is 0 Å². The number of hydrogen-bond acceptors (Lipinski definition) is 6. The smallest absolute Gasteiger partial charge is 0.340 e. The van der Waals surface area contributed by atoms with Crippen LogP contribution in [0, 0.1) is 6.92 Å². The standard InChI is InChI=1S/C15H17NO6/c1-8-10(7-13(19)16-3-4-21-2)15(20)22-12-6-9(17)5-11(18)14(8)12/h5-6,17-18H,3-4,7H2,1-2H3,(H,16,19). The number of methoxy groups -OCH3 is 1. The number of nitrogens with one attached hydrogen (secondary N) is 1. The lowest BCUT2D eigenvalue weighted by Gasteiger charge is -2.10. The highest BCUT2D eigenvalue weighted by Crippen LogP contribution is 2.32. The number of fused-ring (bicyclic) bond motifs is 1. The van der Waals surface area contributed by atoms with Gasteiger partial charge in [0.05, 0.1) is 24.0 Å². The Bertz CT molecular complexity index is 765. The Balaban J connectivity index is 2.39. The molecule has 1 heterocycles. The second-order valence-electron chi connectivity index (χ2n) is 4.85. The van der Waals surface area contributed by atoms with Crippen molar-refractivity contribution >= 4 is 16.9 Å². The molecule has 1 aromatic heterocycles. The van der Waals surface area contributed by atoms with Gasteiger partial charge in [0.2, 0.25) is 5.91 Å². The molecule has 2 aromatic rings. The van der Waals surface area contributed by atoms with Crippen LogP contribution < -0.4 is 10.9 Å². The molecule has 0 spiro atoms. The molecule has 0 aliphatic carbocycles. The topological polar surface area (TPSA) is 109 Å². The Hall–Kier alpha value is -2.54. The van der Waals surface area contributed by atoms with Crippen molar-refractivity contribution in [3.05, 3.63) is 33.7 Å². The maximum Gasteiger partial charge on any atom is 0.340 e. The molecule has 0 bridgehead atoms. The predicted octanol–water partition coefficient (Wildman–Crippen LogP) is 0.818. The average molecular weight is 307 g/mol. The molecular formula is C15H17NO6. The summed E-state index contributed by atoms with van der Waals surface area (Å²) in [5.41, 5.74) is 0.0227. The number of phenols is 2. The largest absolute Gasteiger partial charge is 0.508 e. The van der Waals surface area contributed by atoms with Crippen LogP contribution in [0.2, 0.25) is 0 Å². The Labute approximate surface area is 126 Å². The molecule has 0 aliphatic rings. The number of rotatable bonds is 5. The summed E-state index contributed by atoms with van der Waals surface area (Å²) in [6.45, 7) is 2.33. The van der Waals surface area contributed by atoms with Crippen molar-refractivity contribution < 1.29 is 24.2 Å². The third kappa shape index (κ3) is 3.20. The summed E-state index contributed by atoms with van der Waals surface area (Å²) in [5, 5.41) is 22.3. The van der Waals surface area contributed by atoms with Gasteiger partial charge >= 0.3 is 5.63 Å². The predicted molar refractivity (Wildman–Crippen MR) is 79.1 cm³/mol. The van der Waals surface area contributed by atoms with Gasteiger partial charge in [-0.2, -0.15) is 0 Å². The van der Waals surface area contributed by atoms with E-state index in [1.165, 1.54) is 13.2 Å². The number of phenolic OH excluding ortho intramolecular Hbond substituents is 2. The van der Waals surface area contributed by atoms with Crippen LogP contribution in [-0.4, -0.2) is 36.4 Å². The van der Waals surface area contributed by atoms with E-state index < -0.39 is 5.63 Å². The zero-order chi connectivity index (χ0) is 16.3. The molecule has 0 atom stereocenters. The lowest BCUT2D eigenvalue weighted by Crippen LogP contribution is -2.30. The van der Waals surface area contributed by atoms with Gasteiger partial charge in [-0.15, -0.1) is 0 Å². The monoisotopic (exact) mass is 307 g/mol. The summed E-state index contributed by atoms with van der Waals surface area (Å²) in [7, 11) is 1.52. The van der Waals surface area contributed by atoms with Gasteiger partial charge in [0.1, 0.15) is 17.1 Å². The zero-order valence-corrected chi connectivity index (χ0v) is 12.3. The van der Waals surface area contributed by atoms with E-state index in [1.807, 2.05) is 0 Å². The Morgan fingerprint density at radius 1 is 1.36 bits per heavy atom. The molecule has 118 valence electrons. The van der Waals surface area contributed by atoms with E-state index >= 15 is 0 Å². The van der Waals surface area contributed by atoms with E-state index in [-0.39, 0.29) is 35.0 Å². The number of hydrogen-bond donors (Lipinski definition) is 3. The fourth-order valence-electron chi connectivity index (χ4n) is 2.23. The van der Waals surface area contributed by atoms with E-state index in [0.717, 1.165) is 6.07 Å². The van der Waals surface area contributed by atoms with Crippen molar-refractivity contribution in [1.29, 1.82) is 0 Å². The zero-order valence-electron chi connectivity index (χ0n) is 12.3. The summed E-state index contributed by atoms with van der Waals surface area (Å²) >= 11 is 0. The van der Waals surface area contributed by atoms with Gasteiger partial charge in [-0.05, 0) is 12.5 Å². The van der Waals surface area contributed by atoms with Crippen molar-refractivity contribution in [1.82, 2.24) is 5.32 Å². The number of benzene rings is 1. The molecule has 0 unspecified atom stereocenters. The highest BCUT2D eigenvalue weighted by atomic mass is 16.5. The lowest BCUT2D eigenvalue weighted by atomic mass is 10.0. The molecule has 2 rings (SSSR count). The van der Waals surface area contributed by atoms with Crippen LogP contribution in [0.15, 0.2) is 21.3 Å². The second kappa shape index (κ2) is 6.48. The van der Waals surface area contributed by atoms with E-state index in [4.69, 9.17) is 9.15 Å². The van der Waals surface area contributed by atoms with Crippen LogP contribution in [-0.2, 0) is 16.0 Å². The third-order valence-electron chi connectivity index (χ3n) is 3.31. The third-order valence-corrected chi connectivity index (χ3v) is 3.31. The van der Waals surface area contributed by atoms with Crippen molar-refractivity contribution in [2.75, 3.05) is 20.3 Å². The average Bonchev–Trinajstić information content (AvgIpc) is 2.42. The SMILES string of the molecule is COCCNC(=O)Cc1c(C)c2c(O)cc(O)cc2oc1=O.